The lowest BCUT2D eigenvalue weighted by atomic mass is 10.00. The Kier molecular flexibility index (Phi) is 15.8. The van der Waals surface area contributed by atoms with Crippen LogP contribution in [-0.2, 0) is 35.3 Å². The Hall–Kier alpha value is -4.01. The van der Waals surface area contributed by atoms with Gasteiger partial charge in [-0.05, 0) is 49.8 Å². The number of nitrogens with one attached hydrogen (secondary N) is 4. The lowest BCUT2D eigenvalue weighted by Crippen LogP contribution is -2.56. The summed E-state index contributed by atoms with van der Waals surface area (Å²) in [6, 6.07) is 3.19. The fourth-order valence-corrected chi connectivity index (χ4v) is 4.90. The molecular weight excluding hydrogens is 623 g/mol. The number of hydrogen-bond acceptors (Lipinski definition) is 8. The van der Waals surface area contributed by atoms with Gasteiger partial charge in [0.25, 0.3) is 0 Å². The Morgan fingerprint density at radius 2 is 1.68 bits per heavy atom. The Balaban J connectivity index is 1.78. The first-order valence-corrected chi connectivity index (χ1v) is 15.8. The van der Waals surface area contributed by atoms with Crippen LogP contribution < -0.4 is 21.3 Å². The molecule has 0 aromatic heterocycles. The summed E-state index contributed by atoms with van der Waals surface area (Å²) in [4.78, 5) is 73.0. The van der Waals surface area contributed by atoms with E-state index < -0.39 is 48.6 Å². The number of unbranched alkanes of at least 4 members (excludes halogenated alkanes) is 2. The van der Waals surface area contributed by atoms with Crippen molar-refractivity contribution in [3.63, 3.8) is 0 Å². The number of amides is 5. The number of ether oxygens (including phenoxy) is 1. The monoisotopic (exact) mass is 669 g/mol. The van der Waals surface area contributed by atoms with E-state index in [1.165, 1.54) is 6.92 Å². The first-order chi connectivity index (χ1) is 22.1. The largest absolute Gasteiger partial charge is 0.445 e. The summed E-state index contributed by atoms with van der Waals surface area (Å²) in [5.41, 5.74) is 1.04. The molecule has 3 unspecified atom stereocenters. The van der Waals surface area contributed by atoms with Crippen LogP contribution in [0.1, 0.15) is 78.2 Å². The van der Waals surface area contributed by atoms with Gasteiger partial charge in [0, 0.05) is 37.5 Å². The van der Waals surface area contributed by atoms with Gasteiger partial charge in [-0.1, -0.05) is 45.7 Å². The van der Waals surface area contributed by atoms with E-state index in [0.29, 0.717) is 43.5 Å². The fourth-order valence-electron chi connectivity index (χ4n) is 4.90. The van der Waals surface area contributed by atoms with E-state index in [2.05, 4.69) is 21.3 Å². The van der Waals surface area contributed by atoms with E-state index in [4.69, 9.17) is 4.74 Å². The predicted molar refractivity (Wildman–Crippen MR) is 167 cm³/mol. The molecule has 4 N–H and O–H groups in total. The number of alkyl carbamates (subject to hydrolysis) is 1. The van der Waals surface area contributed by atoms with Gasteiger partial charge in [-0.2, -0.15) is 13.2 Å². The lowest BCUT2D eigenvalue weighted by Gasteiger charge is -2.29. The summed E-state index contributed by atoms with van der Waals surface area (Å²) in [5, 5.41) is 9.95. The van der Waals surface area contributed by atoms with Crippen LogP contribution in [0, 0.1) is 11.8 Å². The van der Waals surface area contributed by atoms with Crippen molar-refractivity contribution in [3.05, 3.63) is 29.8 Å². The molecule has 3 atom stereocenters. The molecule has 1 aliphatic heterocycles. The van der Waals surface area contributed by atoms with E-state index in [-0.39, 0.29) is 55.9 Å². The van der Waals surface area contributed by atoms with Crippen LogP contribution in [0.4, 0.5) is 23.7 Å². The molecule has 1 saturated heterocycles. The molecule has 1 aromatic carbocycles. The number of carbonyl (C=O) groups is 6. The van der Waals surface area contributed by atoms with Crippen LogP contribution in [0.25, 0.3) is 0 Å². The van der Waals surface area contributed by atoms with Gasteiger partial charge in [0.15, 0.2) is 0 Å². The quantitative estimate of drug-likeness (QED) is 0.128. The maximum Gasteiger partial charge on any atom is 0.407 e. The molecule has 0 saturated carbocycles. The van der Waals surface area contributed by atoms with Crippen molar-refractivity contribution in [3.8, 4) is 0 Å². The summed E-state index contributed by atoms with van der Waals surface area (Å²) in [6.07, 6.45) is -3.61. The van der Waals surface area contributed by atoms with E-state index in [0.717, 1.165) is 4.90 Å². The molecule has 1 aliphatic rings. The van der Waals surface area contributed by atoms with E-state index in [1.807, 2.05) is 0 Å². The molecule has 0 radical (unpaired) electrons. The molecule has 5 amide bonds. The Morgan fingerprint density at radius 1 is 1.00 bits per heavy atom. The molecule has 1 aromatic rings. The van der Waals surface area contributed by atoms with Crippen molar-refractivity contribution in [2.24, 2.45) is 11.8 Å². The SMILES string of the molecule is CC(=O)CCCNC(=O)OCc1ccc(NC(=O)CNC(=O)C(NC(CCCCCN2C(=O)CC(C)C2=O)C(F)(F)F)C(C)C)cc1. The minimum Gasteiger partial charge on any atom is -0.445 e. The van der Waals surface area contributed by atoms with Gasteiger partial charge in [0.05, 0.1) is 12.6 Å². The second-order valence-corrected chi connectivity index (χ2v) is 12.1. The van der Waals surface area contributed by atoms with Crippen molar-refractivity contribution < 1.29 is 46.7 Å². The molecule has 0 spiro atoms. The van der Waals surface area contributed by atoms with Crippen molar-refractivity contribution in [1.29, 1.82) is 0 Å². The molecule has 12 nitrogen and oxygen atoms in total. The van der Waals surface area contributed by atoms with E-state index in [9.17, 15) is 41.9 Å². The number of Topliss-reactive ketones (excluding diaryl/α,β-unsaturated/α-hetero) is 1. The molecule has 1 heterocycles. The molecule has 15 heteroatoms. The zero-order valence-corrected chi connectivity index (χ0v) is 27.3. The average Bonchev–Trinajstić information content (AvgIpc) is 3.23. The number of rotatable bonds is 19. The number of hydrogen-bond donors (Lipinski definition) is 4. The van der Waals surface area contributed by atoms with Crippen LogP contribution in [-0.4, -0.2) is 78.3 Å². The highest BCUT2D eigenvalue weighted by atomic mass is 19.4. The Labute approximate surface area is 272 Å². The maximum atomic E-state index is 13.9. The third-order valence-electron chi connectivity index (χ3n) is 7.57. The number of benzene rings is 1. The number of nitrogens with zero attached hydrogens (tertiary/aromatic N) is 1. The summed E-state index contributed by atoms with van der Waals surface area (Å²) >= 11 is 0. The third kappa shape index (κ3) is 14.1. The molecule has 0 aliphatic carbocycles. The highest BCUT2D eigenvalue weighted by molar-refractivity contribution is 6.03. The van der Waals surface area contributed by atoms with Crippen LogP contribution in [0.3, 0.4) is 0 Å². The number of anilines is 1. The second-order valence-electron chi connectivity index (χ2n) is 12.1. The van der Waals surface area contributed by atoms with Gasteiger partial charge in [-0.25, -0.2) is 4.79 Å². The number of ketones is 1. The van der Waals surface area contributed by atoms with Crippen molar-refractivity contribution >= 4 is 41.2 Å². The number of carbonyl (C=O) groups excluding carboxylic acids is 6. The summed E-state index contributed by atoms with van der Waals surface area (Å²) in [6.45, 7) is 6.32. The van der Waals surface area contributed by atoms with Gasteiger partial charge < -0.3 is 25.5 Å². The van der Waals surface area contributed by atoms with Gasteiger partial charge >= 0.3 is 12.3 Å². The Bertz CT molecular complexity index is 1240. The Morgan fingerprint density at radius 3 is 2.26 bits per heavy atom. The highest BCUT2D eigenvalue weighted by Gasteiger charge is 2.42. The zero-order chi connectivity index (χ0) is 35.1. The van der Waals surface area contributed by atoms with Gasteiger partial charge in [-0.15, -0.1) is 0 Å². The average molecular weight is 670 g/mol. The maximum absolute atomic E-state index is 13.9. The second kappa shape index (κ2) is 19.0. The van der Waals surface area contributed by atoms with Crippen LogP contribution in [0.15, 0.2) is 24.3 Å². The molecule has 0 bridgehead atoms. The topological polar surface area (TPSA) is 163 Å². The van der Waals surface area contributed by atoms with Crippen molar-refractivity contribution in [2.45, 2.75) is 97.5 Å². The van der Waals surface area contributed by atoms with E-state index >= 15 is 0 Å². The van der Waals surface area contributed by atoms with Crippen molar-refractivity contribution in [2.75, 3.05) is 25.0 Å². The predicted octanol–water partition coefficient (Wildman–Crippen LogP) is 3.84. The van der Waals surface area contributed by atoms with Crippen LogP contribution >= 0.6 is 0 Å². The fraction of sp³-hybridized carbons (Fsp3) is 0.625. The van der Waals surface area contributed by atoms with Crippen LogP contribution in [0.5, 0.6) is 0 Å². The number of likely N-dealkylation sites (tertiary alicyclic amines) is 1. The summed E-state index contributed by atoms with van der Waals surface area (Å²) in [5.74, 6) is -2.73. The summed E-state index contributed by atoms with van der Waals surface area (Å²) in [7, 11) is 0. The molecule has 2 rings (SSSR count). The molecule has 1 fully saturated rings. The molecule has 47 heavy (non-hydrogen) atoms. The third-order valence-corrected chi connectivity index (χ3v) is 7.57. The molecular formula is C32H46F3N5O7. The minimum atomic E-state index is -4.63. The number of imide groups is 1. The molecule has 262 valence electrons. The first kappa shape index (κ1) is 39.2. The first-order valence-electron chi connectivity index (χ1n) is 15.8. The highest BCUT2D eigenvalue weighted by Crippen LogP contribution is 2.26. The standard InChI is InChI=1S/C32H46F3N5O7/c1-20(2)28(39-25(32(33,34)35)10-6-5-7-16-40-27(43)17-21(3)30(40)45)29(44)37-18-26(42)38-24-13-11-23(12-14-24)19-47-31(46)36-15-8-9-22(4)41/h11-14,20-21,25,28,39H,5-10,15-19H2,1-4H3,(H,36,46)(H,37,44)(H,38,42). The van der Waals surface area contributed by atoms with Gasteiger partial charge in [0.1, 0.15) is 18.4 Å². The van der Waals surface area contributed by atoms with Gasteiger partial charge in [-0.3, -0.25) is 29.4 Å². The van der Waals surface area contributed by atoms with Gasteiger partial charge in [0.2, 0.25) is 23.6 Å². The van der Waals surface area contributed by atoms with Crippen LogP contribution in [0.2, 0.25) is 0 Å². The lowest BCUT2D eigenvalue weighted by molar-refractivity contribution is -0.161. The summed E-state index contributed by atoms with van der Waals surface area (Å²) < 4.78 is 46.7. The normalized spacial score (nSPS) is 16.2. The van der Waals surface area contributed by atoms with Crippen molar-refractivity contribution in [1.82, 2.24) is 20.9 Å². The smallest absolute Gasteiger partial charge is 0.407 e. The van der Waals surface area contributed by atoms with E-state index in [1.54, 1.807) is 45.0 Å². The number of halogens is 3. The number of alkyl halides is 3. The zero-order valence-electron chi connectivity index (χ0n) is 27.3. The minimum absolute atomic E-state index is 0.0225.